The van der Waals surface area contributed by atoms with E-state index in [2.05, 4.69) is 5.32 Å². The molecule has 0 radical (unpaired) electrons. The maximum atomic E-state index is 13.3. The van der Waals surface area contributed by atoms with E-state index in [1.165, 1.54) is 13.2 Å². The molecule has 0 aliphatic carbocycles. The summed E-state index contributed by atoms with van der Waals surface area (Å²) in [4.78, 5) is 12.0. The summed E-state index contributed by atoms with van der Waals surface area (Å²) in [7, 11) is -0.438. The lowest BCUT2D eigenvalue weighted by molar-refractivity contribution is 0.102. The molecule has 7 heteroatoms. The highest BCUT2D eigenvalue weighted by Gasteiger charge is 2.18. The number of nitrogens with one attached hydrogen (secondary N) is 1. The largest absolute Gasteiger partial charge is 0.497 e. The lowest BCUT2D eigenvalue weighted by atomic mass is 9.79. The fourth-order valence-electron chi connectivity index (χ4n) is 1.76. The number of halogens is 1. The maximum Gasteiger partial charge on any atom is 0.491 e. The van der Waals surface area contributed by atoms with Crippen molar-refractivity contribution < 1.29 is 24.0 Å². The molecule has 3 N–H and O–H groups in total. The number of carbonyl (C=O) groups is 1. The van der Waals surface area contributed by atoms with Crippen molar-refractivity contribution >= 4 is 24.2 Å². The van der Waals surface area contributed by atoms with Crippen molar-refractivity contribution in [1.82, 2.24) is 0 Å². The fraction of sp³-hybridized carbons (Fsp3) is 0.0714. The van der Waals surface area contributed by atoms with E-state index in [1.54, 1.807) is 24.3 Å². The smallest absolute Gasteiger partial charge is 0.491 e. The summed E-state index contributed by atoms with van der Waals surface area (Å²) >= 11 is 0. The van der Waals surface area contributed by atoms with E-state index in [9.17, 15) is 9.18 Å². The van der Waals surface area contributed by atoms with E-state index in [0.29, 0.717) is 11.4 Å². The molecule has 2 aromatic carbocycles. The Morgan fingerprint density at radius 2 is 1.86 bits per heavy atom. The molecule has 0 heterocycles. The third-order valence-electron chi connectivity index (χ3n) is 2.88. The predicted octanol–water partition coefficient (Wildman–Crippen LogP) is 0.766. The van der Waals surface area contributed by atoms with Gasteiger partial charge in [0.25, 0.3) is 5.91 Å². The molecule has 0 bridgehead atoms. The number of ether oxygens (including phenoxy) is 1. The van der Waals surface area contributed by atoms with Crippen LogP contribution in [0.2, 0.25) is 0 Å². The number of rotatable bonds is 4. The SMILES string of the molecule is COc1ccc(NC(=O)c2ccc(F)c(B(O)O)c2)cc1. The molecule has 0 spiro atoms. The molecule has 21 heavy (non-hydrogen) atoms. The Morgan fingerprint density at radius 3 is 2.43 bits per heavy atom. The quantitative estimate of drug-likeness (QED) is 0.726. The van der Waals surface area contributed by atoms with Gasteiger partial charge in [0.1, 0.15) is 11.6 Å². The monoisotopic (exact) mass is 289 g/mol. The fourth-order valence-corrected chi connectivity index (χ4v) is 1.76. The Hall–Kier alpha value is -2.38. The van der Waals surface area contributed by atoms with Gasteiger partial charge in [-0.3, -0.25) is 4.79 Å². The minimum absolute atomic E-state index is 0.121. The minimum atomic E-state index is -1.97. The molecule has 0 aliphatic rings. The van der Waals surface area contributed by atoms with Crippen molar-refractivity contribution in [2.45, 2.75) is 0 Å². The van der Waals surface area contributed by atoms with Crippen LogP contribution in [0.25, 0.3) is 0 Å². The van der Waals surface area contributed by atoms with Crippen molar-refractivity contribution in [2.75, 3.05) is 12.4 Å². The third kappa shape index (κ3) is 3.59. The number of amides is 1. The van der Waals surface area contributed by atoms with Gasteiger partial charge in [-0.25, -0.2) is 4.39 Å². The van der Waals surface area contributed by atoms with Gasteiger partial charge in [0.2, 0.25) is 0 Å². The Balaban J connectivity index is 2.17. The summed E-state index contributed by atoms with van der Waals surface area (Å²) < 4.78 is 18.3. The Bertz CT molecular complexity index is 646. The van der Waals surface area contributed by atoms with Gasteiger partial charge >= 0.3 is 7.12 Å². The number of carbonyl (C=O) groups excluding carboxylic acids is 1. The number of hydrogen-bond donors (Lipinski definition) is 3. The predicted molar refractivity (Wildman–Crippen MR) is 77.2 cm³/mol. The second-order valence-electron chi connectivity index (χ2n) is 4.29. The molecular weight excluding hydrogens is 276 g/mol. The van der Waals surface area contributed by atoms with Gasteiger partial charge in [-0.2, -0.15) is 0 Å². The van der Waals surface area contributed by atoms with E-state index >= 15 is 0 Å². The van der Waals surface area contributed by atoms with Crippen molar-refractivity contribution in [1.29, 1.82) is 0 Å². The van der Waals surface area contributed by atoms with Crippen LogP contribution in [-0.2, 0) is 0 Å². The van der Waals surface area contributed by atoms with E-state index in [1.807, 2.05) is 0 Å². The molecule has 0 aliphatic heterocycles. The lowest BCUT2D eigenvalue weighted by Crippen LogP contribution is -2.33. The van der Waals surface area contributed by atoms with Gasteiger partial charge in [-0.05, 0) is 42.5 Å². The zero-order valence-corrected chi connectivity index (χ0v) is 11.2. The van der Waals surface area contributed by atoms with Crippen molar-refractivity contribution in [3.8, 4) is 5.75 Å². The average Bonchev–Trinajstić information content (AvgIpc) is 2.48. The summed E-state index contributed by atoms with van der Waals surface area (Å²) in [5.74, 6) is -0.617. The van der Waals surface area contributed by atoms with Gasteiger partial charge in [0.15, 0.2) is 0 Å². The second-order valence-corrected chi connectivity index (χ2v) is 4.29. The summed E-state index contributed by atoms with van der Waals surface area (Å²) in [6.07, 6.45) is 0. The van der Waals surface area contributed by atoms with Crippen LogP contribution >= 0.6 is 0 Å². The van der Waals surface area contributed by atoms with Crippen LogP contribution in [0.4, 0.5) is 10.1 Å². The Labute approximate surface area is 121 Å². The topological polar surface area (TPSA) is 78.8 Å². The van der Waals surface area contributed by atoms with Gasteiger partial charge in [-0.1, -0.05) is 0 Å². The Morgan fingerprint density at radius 1 is 1.19 bits per heavy atom. The highest BCUT2D eigenvalue weighted by Crippen LogP contribution is 2.16. The molecule has 5 nitrogen and oxygen atoms in total. The first kappa shape index (κ1) is 15.0. The first-order valence-corrected chi connectivity index (χ1v) is 6.12. The molecule has 0 saturated heterocycles. The summed E-state index contributed by atoms with van der Waals surface area (Å²) in [5.41, 5.74) is 0.309. The molecule has 0 fully saturated rings. The van der Waals surface area contributed by atoms with Crippen LogP contribution in [0.1, 0.15) is 10.4 Å². The standard InChI is InChI=1S/C14H13BFNO4/c1-21-11-5-3-10(4-6-11)17-14(18)9-2-7-13(16)12(8-9)15(19)20/h2-8,19-20H,1H3,(H,17,18). The molecule has 0 saturated carbocycles. The van der Waals surface area contributed by atoms with Crippen LogP contribution in [0.15, 0.2) is 42.5 Å². The number of benzene rings is 2. The highest BCUT2D eigenvalue weighted by atomic mass is 19.1. The molecule has 2 rings (SSSR count). The van der Waals surface area contributed by atoms with Crippen LogP contribution in [-0.4, -0.2) is 30.2 Å². The molecule has 0 unspecified atom stereocenters. The molecule has 108 valence electrons. The van der Waals surface area contributed by atoms with E-state index < -0.39 is 18.8 Å². The third-order valence-corrected chi connectivity index (χ3v) is 2.88. The molecule has 1 amide bonds. The van der Waals surface area contributed by atoms with Crippen molar-refractivity contribution in [2.24, 2.45) is 0 Å². The van der Waals surface area contributed by atoms with Gasteiger partial charge in [0, 0.05) is 16.7 Å². The van der Waals surface area contributed by atoms with Gasteiger partial charge in [0.05, 0.1) is 7.11 Å². The van der Waals surface area contributed by atoms with Crippen molar-refractivity contribution in [3.63, 3.8) is 0 Å². The number of methoxy groups -OCH3 is 1. The molecule has 0 atom stereocenters. The summed E-state index contributed by atoms with van der Waals surface area (Å²) in [5, 5.41) is 20.7. The Kier molecular flexibility index (Phi) is 4.57. The van der Waals surface area contributed by atoms with E-state index in [4.69, 9.17) is 14.8 Å². The second kappa shape index (κ2) is 6.38. The maximum absolute atomic E-state index is 13.3. The van der Waals surface area contributed by atoms with Crippen LogP contribution in [0.5, 0.6) is 5.75 Å². The average molecular weight is 289 g/mol. The number of hydrogen-bond acceptors (Lipinski definition) is 4. The van der Waals surface area contributed by atoms with Crippen LogP contribution < -0.4 is 15.5 Å². The normalized spacial score (nSPS) is 10.1. The lowest BCUT2D eigenvalue weighted by Gasteiger charge is -2.08. The van der Waals surface area contributed by atoms with Crippen LogP contribution in [0.3, 0.4) is 0 Å². The van der Waals surface area contributed by atoms with Crippen LogP contribution in [0, 0.1) is 5.82 Å². The minimum Gasteiger partial charge on any atom is -0.497 e. The van der Waals surface area contributed by atoms with Gasteiger partial charge < -0.3 is 20.1 Å². The highest BCUT2D eigenvalue weighted by molar-refractivity contribution is 6.58. The van der Waals surface area contributed by atoms with Gasteiger partial charge in [-0.15, -0.1) is 0 Å². The molecule has 0 aromatic heterocycles. The molecule has 2 aromatic rings. The zero-order valence-electron chi connectivity index (χ0n) is 11.2. The first-order valence-electron chi connectivity index (χ1n) is 6.12. The van der Waals surface area contributed by atoms with E-state index in [0.717, 1.165) is 12.1 Å². The van der Waals surface area contributed by atoms with Crippen molar-refractivity contribution in [3.05, 3.63) is 53.8 Å². The molecular formula is C14H13BFNO4. The summed E-state index contributed by atoms with van der Waals surface area (Å²) in [6.45, 7) is 0. The summed E-state index contributed by atoms with van der Waals surface area (Å²) in [6, 6.07) is 10.0. The zero-order chi connectivity index (χ0) is 15.4. The van der Waals surface area contributed by atoms with E-state index in [-0.39, 0.29) is 11.0 Å². The number of anilines is 1. The first-order chi connectivity index (χ1) is 10.0.